The molecular formula is C27H41N3O4. The van der Waals surface area contributed by atoms with Gasteiger partial charge in [-0.25, -0.2) is 4.79 Å². The standard InChI is InChI=1S/C27H41N3O4/c1-10-13-14-28-24(31)23(21-16-18(4)15-19(5)17-21)30(12-3)25(32)22(20(6)11-2)29-26(33)34-27(7,8)9/h3,15-17,20,22-23H,10-11,13-14H2,1-2,4-9H3,(H,28,31)(H,29,33). The zero-order chi connectivity index (χ0) is 26.1. The molecule has 7 heteroatoms. The van der Waals surface area contributed by atoms with E-state index >= 15 is 0 Å². The monoisotopic (exact) mass is 471 g/mol. The molecule has 0 spiro atoms. The summed E-state index contributed by atoms with van der Waals surface area (Å²) in [6.45, 7) is 15.4. The van der Waals surface area contributed by atoms with E-state index in [1.165, 1.54) is 0 Å². The summed E-state index contributed by atoms with van der Waals surface area (Å²) >= 11 is 0. The molecule has 7 nitrogen and oxygen atoms in total. The molecule has 0 saturated heterocycles. The lowest BCUT2D eigenvalue weighted by atomic mass is 9.95. The SMILES string of the molecule is C#CN(C(=O)C(NC(=O)OC(C)(C)C)C(C)CC)C(C(=O)NCCCC)c1cc(C)cc(C)c1. The highest BCUT2D eigenvalue weighted by Gasteiger charge is 2.37. The van der Waals surface area contributed by atoms with E-state index < -0.39 is 29.7 Å². The van der Waals surface area contributed by atoms with Gasteiger partial charge in [0.25, 0.3) is 5.91 Å². The molecular weight excluding hydrogens is 430 g/mol. The number of ether oxygens (including phenoxy) is 1. The smallest absolute Gasteiger partial charge is 0.408 e. The van der Waals surface area contributed by atoms with Crippen LogP contribution in [-0.4, -0.2) is 41.0 Å². The fourth-order valence-corrected chi connectivity index (χ4v) is 3.60. The van der Waals surface area contributed by atoms with Crippen LogP contribution in [0, 0.1) is 32.2 Å². The van der Waals surface area contributed by atoms with Crippen molar-refractivity contribution in [3.63, 3.8) is 0 Å². The summed E-state index contributed by atoms with van der Waals surface area (Å²) in [4.78, 5) is 40.6. The summed E-state index contributed by atoms with van der Waals surface area (Å²) in [6, 6.07) is 6.14. The Hall–Kier alpha value is -3.01. The van der Waals surface area contributed by atoms with Gasteiger partial charge in [-0.15, -0.1) is 0 Å². The highest BCUT2D eigenvalue weighted by atomic mass is 16.6. The van der Waals surface area contributed by atoms with Crippen LogP contribution in [0.4, 0.5) is 4.79 Å². The second kappa shape index (κ2) is 13.0. The van der Waals surface area contributed by atoms with Gasteiger partial charge in [0, 0.05) is 12.6 Å². The van der Waals surface area contributed by atoms with E-state index in [0.29, 0.717) is 18.5 Å². The molecule has 0 aliphatic rings. The normalized spacial score (nSPS) is 13.7. The van der Waals surface area contributed by atoms with Crippen LogP contribution in [0.25, 0.3) is 0 Å². The van der Waals surface area contributed by atoms with Crippen LogP contribution >= 0.6 is 0 Å². The van der Waals surface area contributed by atoms with Crippen molar-refractivity contribution in [1.82, 2.24) is 15.5 Å². The van der Waals surface area contributed by atoms with Crippen molar-refractivity contribution in [3.05, 3.63) is 34.9 Å². The minimum absolute atomic E-state index is 0.237. The minimum atomic E-state index is -1.03. The molecule has 0 fully saturated rings. The van der Waals surface area contributed by atoms with E-state index in [0.717, 1.165) is 28.9 Å². The quantitative estimate of drug-likeness (QED) is 0.296. The number of carbonyl (C=O) groups is 3. The van der Waals surface area contributed by atoms with Gasteiger partial charge in [0.2, 0.25) is 5.91 Å². The average Bonchev–Trinajstić information content (AvgIpc) is 2.72. The van der Waals surface area contributed by atoms with Crippen molar-refractivity contribution in [2.75, 3.05) is 6.54 Å². The third-order valence-corrected chi connectivity index (χ3v) is 5.42. The Morgan fingerprint density at radius 2 is 1.71 bits per heavy atom. The van der Waals surface area contributed by atoms with E-state index in [2.05, 4.69) is 16.7 Å². The van der Waals surface area contributed by atoms with Gasteiger partial charge >= 0.3 is 6.09 Å². The van der Waals surface area contributed by atoms with Gasteiger partial charge in [-0.05, 0) is 52.5 Å². The number of benzene rings is 1. The van der Waals surface area contributed by atoms with Crippen molar-refractivity contribution >= 4 is 17.9 Å². The summed E-state index contributed by atoms with van der Waals surface area (Å²) in [5.41, 5.74) is 1.81. The molecule has 0 radical (unpaired) electrons. The third-order valence-electron chi connectivity index (χ3n) is 5.42. The zero-order valence-corrected chi connectivity index (χ0v) is 22.0. The Morgan fingerprint density at radius 3 is 2.18 bits per heavy atom. The predicted molar refractivity (Wildman–Crippen MR) is 135 cm³/mol. The maximum atomic E-state index is 13.7. The van der Waals surface area contributed by atoms with Gasteiger partial charge in [0.1, 0.15) is 17.7 Å². The van der Waals surface area contributed by atoms with Gasteiger partial charge in [0.15, 0.2) is 0 Å². The third kappa shape index (κ3) is 8.74. The Bertz CT molecular complexity index is 878. The van der Waals surface area contributed by atoms with Crippen LogP contribution in [-0.2, 0) is 14.3 Å². The number of rotatable bonds is 10. The summed E-state index contributed by atoms with van der Waals surface area (Å²) in [6.07, 6.45) is 7.46. The van der Waals surface area contributed by atoms with E-state index in [9.17, 15) is 14.4 Å². The van der Waals surface area contributed by atoms with E-state index in [1.54, 1.807) is 20.8 Å². The van der Waals surface area contributed by atoms with Gasteiger partial charge in [-0.2, -0.15) is 0 Å². The van der Waals surface area contributed by atoms with Crippen molar-refractivity contribution in [1.29, 1.82) is 0 Å². The first-order chi connectivity index (χ1) is 15.8. The van der Waals surface area contributed by atoms with Gasteiger partial charge < -0.3 is 15.4 Å². The molecule has 34 heavy (non-hydrogen) atoms. The first-order valence-corrected chi connectivity index (χ1v) is 12.0. The number of nitrogens with one attached hydrogen (secondary N) is 2. The Balaban J connectivity index is 3.42. The Kier molecular flexibility index (Phi) is 11.1. The van der Waals surface area contributed by atoms with Crippen LogP contribution < -0.4 is 10.6 Å². The van der Waals surface area contributed by atoms with Crippen molar-refractivity contribution in [3.8, 4) is 12.5 Å². The van der Waals surface area contributed by atoms with Crippen molar-refractivity contribution in [2.24, 2.45) is 5.92 Å². The van der Waals surface area contributed by atoms with E-state index in [1.807, 2.05) is 52.8 Å². The topological polar surface area (TPSA) is 87.7 Å². The lowest BCUT2D eigenvalue weighted by Crippen LogP contribution is -2.54. The molecule has 0 aliphatic heterocycles. The van der Waals surface area contributed by atoms with Crippen LogP contribution in [0.15, 0.2) is 18.2 Å². The lowest BCUT2D eigenvalue weighted by molar-refractivity contribution is -0.139. The van der Waals surface area contributed by atoms with Crippen LogP contribution in [0.2, 0.25) is 0 Å². The lowest BCUT2D eigenvalue weighted by Gasteiger charge is -2.32. The summed E-state index contributed by atoms with van der Waals surface area (Å²) in [5, 5.41) is 5.58. The number of nitrogens with zero attached hydrogens (tertiary/aromatic N) is 1. The summed E-state index contributed by atoms with van der Waals surface area (Å²) in [7, 11) is 0. The van der Waals surface area contributed by atoms with Crippen molar-refractivity contribution in [2.45, 2.75) is 92.3 Å². The Labute approximate surface area is 205 Å². The second-order valence-electron chi connectivity index (χ2n) is 9.81. The maximum Gasteiger partial charge on any atom is 0.408 e. The molecule has 0 saturated carbocycles. The van der Waals surface area contributed by atoms with Crippen LogP contribution in [0.1, 0.15) is 83.5 Å². The second-order valence-corrected chi connectivity index (χ2v) is 9.81. The molecule has 0 aliphatic carbocycles. The zero-order valence-electron chi connectivity index (χ0n) is 22.0. The summed E-state index contributed by atoms with van der Waals surface area (Å²) in [5.74, 6) is -1.12. The van der Waals surface area contributed by atoms with Gasteiger partial charge in [-0.3, -0.25) is 14.5 Å². The highest BCUT2D eigenvalue weighted by molar-refractivity contribution is 5.93. The molecule has 1 aromatic carbocycles. The molecule has 188 valence electrons. The summed E-state index contributed by atoms with van der Waals surface area (Å²) < 4.78 is 5.36. The molecule has 0 aromatic heterocycles. The number of hydrogen-bond donors (Lipinski definition) is 2. The average molecular weight is 472 g/mol. The number of hydrogen-bond acceptors (Lipinski definition) is 4. The number of amides is 3. The number of alkyl carbamates (subject to hydrolysis) is 1. The number of unbranched alkanes of at least 4 members (excludes halogenated alkanes) is 1. The van der Waals surface area contributed by atoms with Crippen LogP contribution in [0.3, 0.4) is 0 Å². The first kappa shape index (κ1) is 29.0. The fourth-order valence-electron chi connectivity index (χ4n) is 3.60. The fraction of sp³-hybridized carbons (Fsp3) is 0.593. The molecule has 1 aromatic rings. The minimum Gasteiger partial charge on any atom is -0.444 e. The molecule has 0 bridgehead atoms. The molecule has 0 heterocycles. The van der Waals surface area contributed by atoms with Gasteiger partial charge in [0.05, 0.1) is 0 Å². The predicted octanol–water partition coefficient (Wildman–Crippen LogP) is 4.62. The van der Waals surface area contributed by atoms with E-state index in [4.69, 9.17) is 11.2 Å². The van der Waals surface area contributed by atoms with Crippen molar-refractivity contribution < 1.29 is 19.1 Å². The molecule has 3 atom stereocenters. The molecule has 3 amide bonds. The van der Waals surface area contributed by atoms with E-state index in [-0.39, 0.29) is 11.8 Å². The number of aryl methyl sites for hydroxylation is 2. The number of carbonyl (C=O) groups excluding carboxylic acids is 3. The Morgan fingerprint density at radius 1 is 1.12 bits per heavy atom. The first-order valence-electron chi connectivity index (χ1n) is 12.0. The molecule has 1 rings (SSSR count). The highest BCUT2D eigenvalue weighted by Crippen LogP contribution is 2.26. The molecule has 2 N–H and O–H groups in total. The molecule has 3 unspecified atom stereocenters. The number of terminal acetylenes is 1. The van der Waals surface area contributed by atoms with Crippen LogP contribution in [0.5, 0.6) is 0 Å². The largest absolute Gasteiger partial charge is 0.444 e. The van der Waals surface area contributed by atoms with Gasteiger partial charge in [-0.1, -0.05) is 69.4 Å². The maximum absolute atomic E-state index is 13.7.